The summed E-state index contributed by atoms with van der Waals surface area (Å²) >= 11 is 0. The van der Waals surface area contributed by atoms with Gasteiger partial charge in [0.05, 0.1) is 0 Å². The van der Waals surface area contributed by atoms with Gasteiger partial charge in [0.25, 0.3) is 0 Å². The summed E-state index contributed by atoms with van der Waals surface area (Å²) in [6, 6.07) is 0.481. The lowest BCUT2D eigenvalue weighted by Crippen LogP contribution is -2.56. The summed E-state index contributed by atoms with van der Waals surface area (Å²) in [6.07, 6.45) is 5.82. The van der Waals surface area contributed by atoms with Gasteiger partial charge in [0.1, 0.15) is 0 Å². The van der Waals surface area contributed by atoms with E-state index in [2.05, 4.69) is 10.2 Å². The molecular weight excluding hydrogens is 375 g/mol. The average Bonchev–Trinajstić information content (AvgIpc) is 3.07. The number of piperidine rings is 1. The molecule has 9 heteroatoms. The number of aliphatic carboxylic acids is 1. The molecule has 1 aliphatic heterocycles. The molecule has 3 aliphatic rings. The van der Waals surface area contributed by atoms with Gasteiger partial charge in [-0.1, -0.05) is 12.8 Å². The number of carbonyl (C=O) groups excluding carboxylic acids is 1. The Hall–Kier alpha value is -1.51. The van der Waals surface area contributed by atoms with Gasteiger partial charge in [-0.3, -0.25) is 0 Å². The Morgan fingerprint density at radius 3 is 2.07 bits per heavy atom. The Balaban J connectivity index is 0.000000345. The zero-order valence-electron chi connectivity index (χ0n) is 16.7. The van der Waals surface area contributed by atoms with Crippen LogP contribution in [0.15, 0.2) is 0 Å². The van der Waals surface area contributed by atoms with E-state index in [4.69, 9.17) is 9.90 Å². The SMILES string of the molecule is CN(C)C(=O)NC1CC2(CCN(CC3CCCC3)CC2)C1.O=C(O)C(F)(F)F. The monoisotopic (exact) mass is 407 g/mol. The number of likely N-dealkylation sites (tertiary alicyclic amines) is 1. The minimum Gasteiger partial charge on any atom is -0.475 e. The molecule has 0 radical (unpaired) electrons. The summed E-state index contributed by atoms with van der Waals surface area (Å²) in [5.41, 5.74) is 0.552. The third-order valence-corrected chi connectivity index (χ3v) is 6.24. The lowest BCUT2D eigenvalue weighted by atomic mass is 9.60. The fraction of sp³-hybridized carbons (Fsp3) is 0.895. The fourth-order valence-electron chi connectivity index (χ4n) is 4.57. The number of carboxylic acids is 1. The third kappa shape index (κ3) is 6.53. The maximum atomic E-state index is 11.7. The van der Waals surface area contributed by atoms with E-state index >= 15 is 0 Å². The third-order valence-electron chi connectivity index (χ3n) is 6.24. The minimum atomic E-state index is -5.08. The maximum absolute atomic E-state index is 11.7. The van der Waals surface area contributed by atoms with E-state index in [-0.39, 0.29) is 6.03 Å². The second-order valence-corrected chi connectivity index (χ2v) is 8.70. The maximum Gasteiger partial charge on any atom is 0.490 e. The summed E-state index contributed by atoms with van der Waals surface area (Å²) in [6.45, 7) is 3.91. The Bertz CT molecular complexity index is 532. The summed E-state index contributed by atoms with van der Waals surface area (Å²) in [5, 5.41) is 10.3. The zero-order valence-corrected chi connectivity index (χ0v) is 16.7. The molecule has 0 aromatic carbocycles. The fourth-order valence-corrected chi connectivity index (χ4v) is 4.57. The van der Waals surface area contributed by atoms with Crippen molar-refractivity contribution in [2.75, 3.05) is 33.7 Å². The Labute approximate surface area is 164 Å². The topological polar surface area (TPSA) is 72.9 Å². The predicted molar refractivity (Wildman–Crippen MR) is 99.0 cm³/mol. The molecule has 3 fully saturated rings. The van der Waals surface area contributed by atoms with E-state index < -0.39 is 12.1 Å². The number of amides is 2. The first kappa shape index (κ1) is 22.8. The number of carboxylic acid groups (broad SMARTS) is 1. The summed E-state index contributed by atoms with van der Waals surface area (Å²) in [4.78, 5) is 24.9. The molecule has 6 nitrogen and oxygen atoms in total. The number of nitrogens with zero attached hydrogens (tertiary/aromatic N) is 2. The number of hydrogen-bond donors (Lipinski definition) is 2. The molecule has 1 saturated heterocycles. The summed E-state index contributed by atoms with van der Waals surface area (Å²) in [5.74, 6) is -1.78. The lowest BCUT2D eigenvalue weighted by Gasteiger charge is -2.52. The van der Waals surface area contributed by atoms with E-state index in [1.807, 2.05) is 14.1 Å². The van der Waals surface area contributed by atoms with E-state index in [0.29, 0.717) is 11.5 Å². The van der Waals surface area contributed by atoms with Crippen LogP contribution in [-0.4, -0.2) is 72.9 Å². The van der Waals surface area contributed by atoms with Crippen molar-refractivity contribution >= 4 is 12.0 Å². The van der Waals surface area contributed by atoms with Crippen molar-refractivity contribution < 1.29 is 27.9 Å². The predicted octanol–water partition coefficient (Wildman–Crippen LogP) is 3.33. The van der Waals surface area contributed by atoms with Gasteiger partial charge in [0.2, 0.25) is 0 Å². The summed E-state index contributed by atoms with van der Waals surface area (Å²) < 4.78 is 31.7. The highest BCUT2D eigenvalue weighted by atomic mass is 19.4. The van der Waals surface area contributed by atoms with Crippen molar-refractivity contribution in [3.05, 3.63) is 0 Å². The number of urea groups is 1. The number of alkyl halides is 3. The van der Waals surface area contributed by atoms with Gasteiger partial charge >= 0.3 is 18.2 Å². The van der Waals surface area contributed by atoms with Gasteiger partial charge in [0, 0.05) is 26.7 Å². The molecule has 1 heterocycles. The number of nitrogens with one attached hydrogen (secondary N) is 1. The highest BCUT2D eigenvalue weighted by Crippen LogP contribution is 2.49. The first-order chi connectivity index (χ1) is 13.0. The van der Waals surface area contributed by atoms with Crippen LogP contribution in [0, 0.1) is 11.3 Å². The van der Waals surface area contributed by atoms with Crippen LogP contribution < -0.4 is 5.32 Å². The Morgan fingerprint density at radius 2 is 1.64 bits per heavy atom. The van der Waals surface area contributed by atoms with Gasteiger partial charge in [-0.2, -0.15) is 13.2 Å². The quantitative estimate of drug-likeness (QED) is 0.753. The number of carbonyl (C=O) groups is 2. The molecule has 0 atom stereocenters. The lowest BCUT2D eigenvalue weighted by molar-refractivity contribution is -0.192. The van der Waals surface area contributed by atoms with Crippen LogP contribution in [0.1, 0.15) is 51.4 Å². The van der Waals surface area contributed by atoms with Crippen LogP contribution in [0.3, 0.4) is 0 Å². The van der Waals surface area contributed by atoms with E-state index in [9.17, 15) is 18.0 Å². The normalized spacial score (nSPS) is 22.9. The molecule has 0 bridgehead atoms. The van der Waals surface area contributed by atoms with Crippen molar-refractivity contribution in [3.8, 4) is 0 Å². The van der Waals surface area contributed by atoms with E-state index in [1.165, 1.54) is 71.0 Å². The smallest absolute Gasteiger partial charge is 0.475 e. The molecule has 0 unspecified atom stereocenters. The van der Waals surface area contributed by atoms with Crippen molar-refractivity contribution in [1.82, 2.24) is 15.1 Å². The van der Waals surface area contributed by atoms with Crippen LogP contribution >= 0.6 is 0 Å². The second kappa shape index (κ2) is 9.33. The van der Waals surface area contributed by atoms with Gasteiger partial charge in [0.15, 0.2) is 0 Å². The summed E-state index contributed by atoms with van der Waals surface area (Å²) in [7, 11) is 3.62. The minimum absolute atomic E-state index is 0.0634. The molecule has 0 aromatic heterocycles. The van der Waals surface area contributed by atoms with Crippen molar-refractivity contribution in [2.24, 2.45) is 11.3 Å². The van der Waals surface area contributed by atoms with Gasteiger partial charge in [-0.15, -0.1) is 0 Å². The molecule has 28 heavy (non-hydrogen) atoms. The standard InChI is InChI=1S/C17H31N3O.C2HF3O2/c1-19(2)16(21)18-15-11-17(12-15)7-9-20(10-8-17)13-14-5-3-4-6-14;3-2(4,5)1(6)7/h14-15H,3-13H2,1-2H3,(H,18,21);(H,6,7). The van der Waals surface area contributed by atoms with Crippen molar-refractivity contribution in [2.45, 2.75) is 63.6 Å². The van der Waals surface area contributed by atoms with Crippen LogP contribution in [0.2, 0.25) is 0 Å². The Kier molecular flexibility index (Phi) is 7.59. The van der Waals surface area contributed by atoms with Crippen LogP contribution in [-0.2, 0) is 4.79 Å². The molecule has 0 aromatic rings. The highest BCUT2D eigenvalue weighted by Gasteiger charge is 2.46. The second-order valence-electron chi connectivity index (χ2n) is 8.70. The number of hydrogen-bond acceptors (Lipinski definition) is 3. The zero-order chi connectivity index (χ0) is 20.9. The van der Waals surface area contributed by atoms with E-state index in [1.54, 1.807) is 4.90 Å². The van der Waals surface area contributed by atoms with Crippen LogP contribution in [0.25, 0.3) is 0 Å². The molecule has 2 N–H and O–H groups in total. The molecule has 162 valence electrons. The molecule has 1 spiro atoms. The molecule has 2 saturated carbocycles. The van der Waals surface area contributed by atoms with Gasteiger partial charge < -0.3 is 20.2 Å². The Morgan fingerprint density at radius 1 is 1.14 bits per heavy atom. The largest absolute Gasteiger partial charge is 0.490 e. The number of rotatable bonds is 3. The number of halogens is 3. The van der Waals surface area contributed by atoms with Gasteiger partial charge in [-0.05, 0) is 62.9 Å². The first-order valence-electron chi connectivity index (χ1n) is 10.0. The molecule has 2 amide bonds. The molecular formula is C19H32F3N3O3. The van der Waals surface area contributed by atoms with Gasteiger partial charge in [-0.25, -0.2) is 9.59 Å². The van der Waals surface area contributed by atoms with Crippen LogP contribution in [0.4, 0.5) is 18.0 Å². The van der Waals surface area contributed by atoms with Crippen molar-refractivity contribution in [1.29, 1.82) is 0 Å². The van der Waals surface area contributed by atoms with Crippen molar-refractivity contribution in [3.63, 3.8) is 0 Å². The van der Waals surface area contributed by atoms with E-state index in [0.717, 1.165) is 5.92 Å². The highest BCUT2D eigenvalue weighted by molar-refractivity contribution is 5.74. The average molecular weight is 407 g/mol. The van der Waals surface area contributed by atoms with Crippen LogP contribution in [0.5, 0.6) is 0 Å². The molecule has 2 aliphatic carbocycles. The first-order valence-corrected chi connectivity index (χ1v) is 10.0. The molecule has 3 rings (SSSR count).